The molecule has 1 aromatic rings. The molecule has 0 spiro atoms. The van der Waals surface area contributed by atoms with E-state index in [9.17, 15) is 22.8 Å². The SMILES string of the molecule is N#Cc1ccc(N2C(=O)[C@@H]3[C@@H]4CC[C@@H]([C@H]5C[C@H]54)[C@@H]3C2=O)cc1C(F)(F)F. The van der Waals surface area contributed by atoms with Crippen molar-refractivity contribution in [1.29, 1.82) is 5.26 Å². The summed E-state index contributed by atoms with van der Waals surface area (Å²) in [5.74, 6) is -0.0774. The molecule has 4 aliphatic carbocycles. The van der Waals surface area contributed by atoms with Crippen LogP contribution in [0.5, 0.6) is 0 Å². The van der Waals surface area contributed by atoms with E-state index in [-0.39, 0.29) is 41.2 Å². The van der Waals surface area contributed by atoms with Gasteiger partial charge < -0.3 is 0 Å². The van der Waals surface area contributed by atoms with E-state index in [2.05, 4.69) is 0 Å². The summed E-state index contributed by atoms with van der Waals surface area (Å²) in [6.07, 6.45) is -1.78. The summed E-state index contributed by atoms with van der Waals surface area (Å²) in [6, 6.07) is 4.58. The van der Waals surface area contributed by atoms with Crippen LogP contribution in [0.4, 0.5) is 18.9 Å². The van der Waals surface area contributed by atoms with Crippen molar-refractivity contribution >= 4 is 17.5 Å². The van der Waals surface area contributed by atoms with E-state index >= 15 is 0 Å². The second-order valence-electron chi connectivity index (χ2n) is 7.87. The highest BCUT2D eigenvalue weighted by Gasteiger charge is 2.68. The van der Waals surface area contributed by atoms with Crippen LogP contribution >= 0.6 is 0 Å². The monoisotopic (exact) mass is 360 g/mol. The molecule has 7 heteroatoms. The van der Waals surface area contributed by atoms with Crippen LogP contribution < -0.4 is 4.90 Å². The Balaban J connectivity index is 1.57. The average molecular weight is 360 g/mol. The van der Waals surface area contributed by atoms with Crippen molar-refractivity contribution in [2.75, 3.05) is 4.90 Å². The summed E-state index contributed by atoms with van der Waals surface area (Å²) in [5.41, 5.74) is -1.70. The van der Waals surface area contributed by atoms with Gasteiger partial charge in [0.1, 0.15) is 0 Å². The minimum Gasteiger partial charge on any atom is -0.274 e. The van der Waals surface area contributed by atoms with E-state index in [1.807, 2.05) is 0 Å². The number of amides is 2. The van der Waals surface area contributed by atoms with Gasteiger partial charge in [-0.1, -0.05) is 0 Å². The average Bonchev–Trinajstić information content (AvgIpc) is 3.38. The largest absolute Gasteiger partial charge is 0.417 e. The quantitative estimate of drug-likeness (QED) is 0.722. The number of imide groups is 1. The first kappa shape index (κ1) is 15.9. The molecule has 26 heavy (non-hydrogen) atoms. The predicted molar refractivity (Wildman–Crippen MR) is 83.4 cm³/mol. The van der Waals surface area contributed by atoms with Crippen LogP contribution in [0.3, 0.4) is 0 Å². The Hall–Kier alpha value is -2.36. The summed E-state index contributed by atoms with van der Waals surface area (Å²) in [7, 11) is 0. The number of alkyl halides is 3. The van der Waals surface area contributed by atoms with Gasteiger partial charge in [0, 0.05) is 0 Å². The lowest BCUT2D eigenvalue weighted by Gasteiger charge is -2.42. The van der Waals surface area contributed by atoms with E-state index in [0.717, 1.165) is 36.3 Å². The number of hydrogen-bond acceptors (Lipinski definition) is 3. The summed E-state index contributed by atoms with van der Waals surface area (Å²) in [4.78, 5) is 26.9. The molecule has 1 aliphatic heterocycles. The highest BCUT2D eigenvalue weighted by atomic mass is 19.4. The zero-order chi connectivity index (χ0) is 18.4. The molecule has 6 rings (SSSR count). The van der Waals surface area contributed by atoms with Gasteiger partial charge in [0.2, 0.25) is 11.8 Å². The number of nitrogens with zero attached hydrogens (tertiary/aromatic N) is 2. The molecule has 1 aromatic carbocycles. The van der Waals surface area contributed by atoms with Crippen molar-refractivity contribution in [1.82, 2.24) is 0 Å². The number of carbonyl (C=O) groups excluding carboxylic acids is 2. The maximum absolute atomic E-state index is 13.2. The number of fused-ring (bicyclic) bond motifs is 1. The second kappa shape index (κ2) is 4.87. The van der Waals surface area contributed by atoms with Gasteiger partial charge in [-0.15, -0.1) is 0 Å². The lowest BCUT2D eigenvalue weighted by Crippen LogP contribution is -2.43. The Morgan fingerprint density at radius 2 is 1.58 bits per heavy atom. The zero-order valence-corrected chi connectivity index (χ0v) is 13.7. The molecular formula is C19H15F3N2O2. The van der Waals surface area contributed by atoms with Crippen LogP contribution in [0.25, 0.3) is 0 Å². The third-order valence-corrected chi connectivity index (χ3v) is 6.83. The van der Waals surface area contributed by atoms with E-state index < -0.39 is 17.3 Å². The molecule has 0 aromatic heterocycles. The summed E-state index contributed by atoms with van der Waals surface area (Å²) < 4.78 is 39.7. The van der Waals surface area contributed by atoms with E-state index in [1.54, 1.807) is 0 Å². The Labute approximate surface area is 147 Å². The minimum absolute atomic E-state index is 0.0752. The van der Waals surface area contributed by atoms with Gasteiger partial charge in [0.05, 0.1) is 34.7 Å². The van der Waals surface area contributed by atoms with Crippen LogP contribution in [0, 0.1) is 46.8 Å². The lowest BCUT2D eigenvalue weighted by molar-refractivity contribution is -0.138. The number of anilines is 1. The molecule has 0 unspecified atom stereocenters. The standard InChI is InChI=1S/C19H15F3N2O2/c20-19(21,22)14-5-9(2-1-8(14)7-23)24-17(25)15-10-3-4-11(13-6-12(10)13)16(15)18(24)26/h1-2,5,10-13,15-16H,3-4,6H2/t10-,11+,12+,13-,15-,16+. The zero-order valence-electron chi connectivity index (χ0n) is 13.7. The molecule has 2 amide bonds. The topological polar surface area (TPSA) is 61.2 Å². The fraction of sp³-hybridized carbons (Fsp3) is 0.526. The van der Waals surface area contributed by atoms with Crippen molar-refractivity contribution in [2.45, 2.75) is 25.4 Å². The Bertz CT molecular complexity index is 854. The number of benzene rings is 1. The first-order valence-electron chi connectivity index (χ1n) is 8.82. The summed E-state index contributed by atoms with van der Waals surface area (Å²) >= 11 is 0. The van der Waals surface area contributed by atoms with Crippen LogP contribution in [-0.4, -0.2) is 11.8 Å². The number of hydrogen-bond donors (Lipinski definition) is 0. The molecule has 6 atom stereocenters. The van der Waals surface area contributed by atoms with E-state index in [0.29, 0.717) is 11.8 Å². The van der Waals surface area contributed by atoms with Gasteiger partial charge in [-0.25, -0.2) is 0 Å². The molecule has 1 saturated heterocycles. The van der Waals surface area contributed by atoms with Gasteiger partial charge in [-0.2, -0.15) is 18.4 Å². The van der Waals surface area contributed by atoms with Crippen LogP contribution in [0.2, 0.25) is 0 Å². The first-order chi connectivity index (χ1) is 12.3. The molecule has 5 fully saturated rings. The fourth-order valence-electron chi connectivity index (χ4n) is 5.80. The van der Waals surface area contributed by atoms with Gasteiger partial charge in [-0.05, 0) is 61.1 Å². The van der Waals surface area contributed by atoms with Crippen molar-refractivity contribution in [3.63, 3.8) is 0 Å². The van der Waals surface area contributed by atoms with Gasteiger partial charge in [0.25, 0.3) is 0 Å². The van der Waals surface area contributed by atoms with Gasteiger partial charge in [0.15, 0.2) is 0 Å². The van der Waals surface area contributed by atoms with E-state index in [4.69, 9.17) is 5.26 Å². The minimum atomic E-state index is -4.72. The lowest BCUT2D eigenvalue weighted by atomic mass is 9.59. The Morgan fingerprint density at radius 3 is 2.08 bits per heavy atom. The van der Waals surface area contributed by atoms with Crippen LogP contribution in [0.1, 0.15) is 30.4 Å². The molecule has 4 nitrogen and oxygen atoms in total. The third-order valence-electron chi connectivity index (χ3n) is 6.83. The normalized spacial score (nSPS) is 37.4. The third kappa shape index (κ3) is 1.90. The Kier molecular flexibility index (Phi) is 2.97. The Morgan fingerprint density at radius 1 is 1.00 bits per heavy atom. The van der Waals surface area contributed by atoms with Crippen LogP contribution in [0.15, 0.2) is 18.2 Å². The van der Waals surface area contributed by atoms with E-state index in [1.165, 1.54) is 12.1 Å². The molecule has 4 saturated carbocycles. The molecule has 0 N–H and O–H groups in total. The second-order valence-corrected chi connectivity index (χ2v) is 7.87. The van der Waals surface area contributed by atoms with Crippen molar-refractivity contribution in [2.24, 2.45) is 35.5 Å². The number of halogens is 3. The molecule has 2 bridgehead atoms. The number of carbonyl (C=O) groups is 2. The predicted octanol–water partition coefficient (Wildman–Crippen LogP) is 3.36. The number of nitriles is 1. The molecule has 134 valence electrons. The smallest absolute Gasteiger partial charge is 0.274 e. The maximum atomic E-state index is 13.2. The molecule has 5 aliphatic rings. The fourth-order valence-corrected chi connectivity index (χ4v) is 5.80. The first-order valence-corrected chi connectivity index (χ1v) is 8.82. The van der Waals surface area contributed by atoms with Crippen molar-refractivity contribution < 1.29 is 22.8 Å². The summed E-state index contributed by atoms with van der Waals surface area (Å²) in [5, 5.41) is 8.92. The van der Waals surface area contributed by atoms with Crippen molar-refractivity contribution in [3.8, 4) is 6.07 Å². The highest BCUT2D eigenvalue weighted by Crippen LogP contribution is 2.68. The molecule has 1 heterocycles. The number of rotatable bonds is 1. The maximum Gasteiger partial charge on any atom is 0.417 e. The highest BCUT2D eigenvalue weighted by molar-refractivity contribution is 6.22. The molecular weight excluding hydrogens is 345 g/mol. The summed E-state index contributed by atoms with van der Waals surface area (Å²) in [6.45, 7) is 0. The van der Waals surface area contributed by atoms with Crippen molar-refractivity contribution in [3.05, 3.63) is 29.3 Å². The van der Waals surface area contributed by atoms with Gasteiger partial charge in [-0.3, -0.25) is 14.5 Å². The van der Waals surface area contributed by atoms with Crippen LogP contribution in [-0.2, 0) is 15.8 Å². The van der Waals surface area contributed by atoms with Gasteiger partial charge >= 0.3 is 6.18 Å². The molecule has 0 radical (unpaired) electrons.